The summed E-state index contributed by atoms with van der Waals surface area (Å²) in [5, 5.41) is 11.5. The predicted molar refractivity (Wildman–Crippen MR) is 120 cm³/mol. The zero-order chi connectivity index (χ0) is 22.8. The quantitative estimate of drug-likeness (QED) is 0.270. The van der Waals surface area contributed by atoms with Gasteiger partial charge in [0.15, 0.2) is 0 Å². The number of rotatable bonds is 4. The first-order chi connectivity index (χ1) is 15.4. The molecule has 160 valence electrons. The molecular weight excluding hydrogens is 430 g/mol. The highest BCUT2D eigenvalue weighted by atomic mass is 35.5. The molecule has 32 heavy (non-hydrogen) atoms. The normalized spacial score (nSPS) is 17.4. The number of ketones is 1. The van der Waals surface area contributed by atoms with Crippen molar-refractivity contribution in [1.82, 2.24) is 0 Å². The maximum absolute atomic E-state index is 13.1. The van der Waals surface area contributed by atoms with Gasteiger partial charge in [0, 0.05) is 16.3 Å². The van der Waals surface area contributed by atoms with E-state index in [2.05, 4.69) is 0 Å². The highest BCUT2D eigenvalue weighted by Gasteiger charge is 2.47. The average molecular weight is 448 g/mol. The summed E-state index contributed by atoms with van der Waals surface area (Å²) < 4.78 is 4.77. The zero-order valence-electron chi connectivity index (χ0n) is 17.0. The van der Waals surface area contributed by atoms with Crippen molar-refractivity contribution in [3.63, 3.8) is 0 Å². The Morgan fingerprint density at radius 1 is 0.938 bits per heavy atom. The molecule has 0 bridgehead atoms. The van der Waals surface area contributed by atoms with E-state index in [-0.39, 0.29) is 16.9 Å². The molecule has 1 aliphatic rings. The summed E-state index contributed by atoms with van der Waals surface area (Å²) in [5.41, 5.74) is 1.50. The molecule has 0 aromatic heterocycles. The lowest BCUT2D eigenvalue weighted by Gasteiger charge is -2.25. The second-order valence-corrected chi connectivity index (χ2v) is 7.57. The van der Waals surface area contributed by atoms with Crippen molar-refractivity contribution in [1.29, 1.82) is 0 Å². The van der Waals surface area contributed by atoms with Crippen LogP contribution in [-0.4, -0.2) is 29.9 Å². The van der Waals surface area contributed by atoms with Gasteiger partial charge in [-0.25, -0.2) is 4.79 Å². The number of methoxy groups -OCH3 is 1. The van der Waals surface area contributed by atoms with Gasteiger partial charge in [-0.3, -0.25) is 14.5 Å². The largest absolute Gasteiger partial charge is 0.507 e. The molecule has 1 atom stereocenters. The third kappa shape index (κ3) is 3.76. The first-order valence-electron chi connectivity index (χ1n) is 9.72. The van der Waals surface area contributed by atoms with Crippen molar-refractivity contribution in [2.75, 3.05) is 12.0 Å². The average Bonchev–Trinajstić information content (AvgIpc) is 3.09. The van der Waals surface area contributed by atoms with Crippen molar-refractivity contribution in [2.24, 2.45) is 0 Å². The Balaban J connectivity index is 1.92. The van der Waals surface area contributed by atoms with Crippen molar-refractivity contribution in [3.8, 4) is 0 Å². The van der Waals surface area contributed by atoms with Gasteiger partial charge >= 0.3 is 5.97 Å². The number of ether oxygens (including phenoxy) is 1. The Hall–Kier alpha value is -3.90. The number of anilines is 1. The number of aliphatic hydroxyl groups excluding tert-OH is 1. The third-order valence-corrected chi connectivity index (χ3v) is 5.47. The summed E-state index contributed by atoms with van der Waals surface area (Å²) in [6, 6.07) is 20.6. The van der Waals surface area contributed by atoms with E-state index in [1.54, 1.807) is 66.7 Å². The fraction of sp³-hybridized carbons (Fsp3) is 0.0800. The highest BCUT2D eigenvalue weighted by Crippen LogP contribution is 2.42. The number of hydrogen-bond donors (Lipinski definition) is 1. The van der Waals surface area contributed by atoms with E-state index in [1.807, 2.05) is 6.07 Å². The molecule has 1 aliphatic heterocycles. The highest BCUT2D eigenvalue weighted by molar-refractivity contribution is 6.51. The Morgan fingerprint density at radius 2 is 1.62 bits per heavy atom. The van der Waals surface area contributed by atoms with E-state index in [0.29, 0.717) is 21.8 Å². The molecule has 1 unspecified atom stereocenters. The molecule has 0 spiro atoms. The second kappa shape index (κ2) is 8.69. The van der Waals surface area contributed by atoms with Gasteiger partial charge in [-0.1, -0.05) is 48.0 Å². The second-order valence-electron chi connectivity index (χ2n) is 7.13. The first-order valence-corrected chi connectivity index (χ1v) is 10.1. The lowest BCUT2D eigenvalue weighted by atomic mass is 9.95. The fourth-order valence-corrected chi connectivity index (χ4v) is 3.84. The van der Waals surface area contributed by atoms with Crippen LogP contribution in [-0.2, 0) is 14.3 Å². The minimum atomic E-state index is -0.889. The van der Waals surface area contributed by atoms with Crippen molar-refractivity contribution in [3.05, 3.63) is 106 Å². The topological polar surface area (TPSA) is 83.9 Å². The van der Waals surface area contributed by atoms with Gasteiger partial charge in [0.1, 0.15) is 5.76 Å². The number of carbonyl (C=O) groups excluding carboxylic acids is 3. The lowest BCUT2D eigenvalue weighted by molar-refractivity contribution is -0.132. The number of esters is 1. The Labute approximate surface area is 189 Å². The van der Waals surface area contributed by atoms with Crippen LogP contribution in [0, 0.1) is 0 Å². The lowest BCUT2D eigenvalue weighted by Crippen LogP contribution is -2.29. The van der Waals surface area contributed by atoms with Crippen LogP contribution in [0.5, 0.6) is 0 Å². The molecular formula is C25H18ClNO5. The fourth-order valence-electron chi connectivity index (χ4n) is 3.71. The van der Waals surface area contributed by atoms with Gasteiger partial charge in [0.05, 0.1) is 24.3 Å². The molecule has 0 aliphatic carbocycles. The van der Waals surface area contributed by atoms with Gasteiger partial charge in [-0.05, 0) is 48.0 Å². The molecule has 1 heterocycles. The molecule has 1 fully saturated rings. The van der Waals surface area contributed by atoms with Crippen LogP contribution < -0.4 is 4.90 Å². The number of carbonyl (C=O) groups is 3. The van der Waals surface area contributed by atoms with Crippen molar-refractivity contribution in [2.45, 2.75) is 6.04 Å². The minimum Gasteiger partial charge on any atom is -0.507 e. The van der Waals surface area contributed by atoms with E-state index < -0.39 is 23.7 Å². The van der Waals surface area contributed by atoms with Crippen LogP contribution in [0.3, 0.4) is 0 Å². The summed E-state index contributed by atoms with van der Waals surface area (Å²) in [6.07, 6.45) is 0. The van der Waals surface area contributed by atoms with Crippen LogP contribution >= 0.6 is 11.6 Å². The molecule has 3 aromatic rings. The van der Waals surface area contributed by atoms with Gasteiger partial charge in [0.25, 0.3) is 11.7 Å². The molecule has 1 N–H and O–H groups in total. The van der Waals surface area contributed by atoms with Gasteiger partial charge in [-0.2, -0.15) is 0 Å². The number of aliphatic hydroxyl groups is 1. The van der Waals surface area contributed by atoms with Crippen LogP contribution in [0.25, 0.3) is 5.76 Å². The Bertz CT molecular complexity index is 1230. The number of hydrogen-bond acceptors (Lipinski definition) is 5. The zero-order valence-corrected chi connectivity index (χ0v) is 17.7. The SMILES string of the molecule is COC(=O)c1cccc(N2C(=O)C(=O)/C(=C(/O)c3ccc(Cl)cc3)C2c2ccccc2)c1. The molecule has 1 amide bonds. The molecule has 1 saturated heterocycles. The van der Waals surface area contributed by atoms with Crippen molar-refractivity contribution >= 4 is 40.7 Å². The molecule has 6 nitrogen and oxygen atoms in total. The van der Waals surface area contributed by atoms with Gasteiger partial charge in [0.2, 0.25) is 0 Å². The first kappa shape index (κ1) is 21.3. The molecule has 0 radical (unpaired) electrons. The third-order valence-electron chi connectivity index (χ3n) is 5.22. The van der Waals surface area contributed by atoms with Crippen LogP contribution in [0.2, 0.25) is 5.02 Å². The number of nitrogens with zero attached hydrogens (tertiary/aromatic N) is 1. The Kier molecular flexibility index (Phi) is 5.79. The maximum atomic E-state index is 13.1. The summed E-state index contributed by atoms with van der Waals surface area (Å²) in [5.74, 6) is -2.51. The van der Waals surface area contributed by atoms with Crippen LogP contribution in [0.15, 0.2) is 84.4 Å². The molecule has 3 aromatic carbocycles. The van der Waals surface area contributed by atoms with E-state index in [4.69, 9.17) is 16.3 Å². The number of benzene rings is 3. The summed E-state index contributed by atoms with van der Waals surface area (Å²) in [7, 11) is 1.26. The minimum absolute atomic E-state index is 0.0491. The van der Waals surface area contributed by atoms with E-state index in [0.717, 1.165) is 0 Å². The van der Waals surface area contributed by atoms with E-state index in [9.17, 15) is 19.5 Å². The number of Topliss-reactive ketones (excluding diaryl/α,β-unsaturated/α-hetero) is 1. The molecule has 7 heteroatoms. The summed E-state index contributed by atoms with van der Waals surface area (Å²) in [6.45, 7) is 0. The molecule has 4 rings (SSSR count). The number of amides is 1. The van der Waals surface area contributed by atoms with Gasteiger partial charge in [-0.15, -0.1) is 0 Å². The number of halogens is 1. The summed E-state index contributed by atoms with van der Waals surface area (Å²) in [4.78, 5) is 39.5. The smallest absolute Gasteiger partial charge is 0.337 e. The maximum Gasteiger partial charge on any atom is 0.337 e. The predicted octanol–water partition coefficient (Wildman–Crippen LogP) is 4.75. The van der Waals surface area contributed by atoms with E-state index >= 15 is 0 Å². The Morgan fingerprint density at radius 3 is 2.28 bits per heavy atom. The van der Waals surface area contributed by atoms with Gasteiger partial charge < -0.3 is 9.84 Å². The standard InChI is InChI=1S/C25H18ClNO5/c1-32-25(31)17-8-5-9-19(14-17)27-21(15-6-3-2-4-7-15)20(23(29)24(27)30)22(28)16-10-12-18(26)13-11-16/h2-14,21,28H,1H3/b22-20+. The monoisotopic (exact) mass is 447 g/mol. The van der Waals surface area contributed by atoms with Crippen LogP contribution in [0.1, 0.15) is 27.5 Å². The van der Waals surface area contributed by atoms with Crippen molar-refractivity contribution < 1.29 is 24.2 Å². The van der Waals surface area contributed by atoms with Crippen LogP contribution in [0.4, 0.5) is 5.69 Å². The summed E-state index contributed by atoms with van der Waals surface area (Å²) >= 11 is 5.94. The van der Waals surface area contributed by atoms with E-state index in [1.165, 1.54) is 18.1 Å². The molecule has 0 saturated carbocycles.